The number of benzene rings is 2. The van der Waals surface area contributed by atoms with E-state index >= 15 is 0 Å². The van der Waals surface area contributed by atoms with Gasteiger partial charge in [0.25, 0.3) is 5.91 Å². The van der Waals surface area contributed by atoms with Crippen LogP contribution in [-0.4, -0.2) is 5.91 Å². The third-order valence-electron chi connectivity index (χ3n) is 2.92. The van der Waals surface area contributed by atoms with Crippen LogP contribution in [0.1, 0.15) is 11.1 Å². The molecule has 0 saturated heterocycles. The molecule has 0 aromatic heterocycles. The Balaban J connectivity index is 2.11. The molecule has 1 aliphatic rings. The lowest BCUT2D eigenvalue weighted by atomic mass is 10.0. The second-order valence-corrected chi connectivity index (χ2v) is 4.69. The fourth-order valence-corrected chi connectivity index (χ4v) is 2.27. The van der Waals surface area contributed by atoms with E-state index < -0.39 is 0 Å². The molecule has 19 heavy (non-hydrogen) atoms. The summed E-state index contributed by atoms with van der Waals surface area (Å²) in [6, 6.07) is 11.4. The number of carbonyl (C=O) groups is 1. The third kappa shape index (κ3) is 2.25. The Hall–Kier alpha value is -2.13. The van der Waals surface area contributed by atoms with Crippen LogP contribution in [0, 0.1) is 5.82 Å². The van der Waals surface area contributed by atoms with Gasteiger partial charge >= 0.3 is 0 Å². The molecule has 0 saturated carbocycles. The van der Waals surface area contributed by atoms with Crippen molar-refractivity contribution in [2.24, 2.45) is 0 Å². The van der Waals surface area contributed by atoms with Crippen molar-refractivity contribution >= 4 is 34.8 Å². The summed E-state index contributed by atoms with van der Waals surface area (Å²) in [5, 5.41) is 3.29. The molecule has 0 spiro atoms. The van der Waals surface area contributed by atoms with Crippen LogP contribution in [0.25, 0.3) is 11.6 Å². The summed E-state index contributed by atoms with van der Waals surface area (Å²) in [6.45, 7) is 0. The molecule has 4 heteroatoms. The highest BCUT2D eigenvalue weighted by Gasteiger charge is 2.24. The lowest BCUT2D eigenvalue weighted by Crippen LogP contribution is -2.03. The summed E-state index contributed by atoms with van der Waals surface area (Å²) < 4.78 is 13.3. The second-order valence-electron chi connectivity index (χ2n) is 4.26. The smallest absolute Gasteiger partial charge is 0.256 e. The van der Waals surface area contributed by atoms with Crippen LogP contribution in [-0.2, 0) is 4.79 Å². The van der Waals surface area contributed by atoms with Crippen molar-refractivity contribution in [3.8, 4) is 0 Å². The zero-order valence-corrected chi connectivity index (χ0v) is 10.5. The first-order valence-corrected chi connectivity index (χ1v) is 6.10. The first kappa shape index (κ1) is 11.9. The Morgan fingerprint density at radius 1 is 1.16 bits per heavy atom. The van der Waals surface area contributed by atoms with E-state index in [0.29, 0.717) is 21.8 Å². The standard InChI is InChI=1S/C15H9ClFNO/c16-10-3-1-2-9(6-10)7-13-12-8-11(17)4-5-14(12)18-15(13)19/h1-8H,(H,18,19)/b13-7+. The predicted molar refractivity (Wildman–Crippen MR) is 74.4 cm³/mol. The molecule has 94 valence electrons. The summed E-state index contributed by atoms with van der Waals surface area (Å²) in [5.41, 5.74) is 2.44. The second kappa shape index (κ2) is 4.52. The summed E-state index contributed by atoms with van der Waals surface area (Å²) in [6.07, 6.45) is 1.70. The molecule has 0 unspecified atom stereocenters. The Morgan fingerprint density at radius 2 is 2.00 bits per heavy atom. The molecule has 0 fully saturated rings. The maximum absolute atomic E-state index is 13.3. The molecule has 1 heterocycles. The molecular weight excluding hydrogens is 265 g/mol. The van der Waals surface area contributed by atoms with Crippen LogP contribution in [0.4, 0.5) is 10.1 Å². The molecule has 1 amide bonds. The molecule has 3 rings (SSSR count). The van der Waals surface area contributed by atoms with Crippen molar-refractivity contribution in [2.75, 3.05) is 5.32 Å². The molecule has 2 aromatic rings. The SMILES string of the molecule is O=C1Nc2ccc(F)cc2/C1=C\c1cccc(Cl)c1. The van der Waals surface area contributed by atoms with Crippen molar-refractivity contribution < 1.29 is 9.18 Å². The van der Waals surface area contributed by atoms with E-state index in [-0.39, 0.29) is 11.7 Å². The van der Waals surface area contributed by atoms with E-state index in [0.717, 1.165) is 5.56 Å². The lowest BCUT2D eigenvalue weighted by Gasteiger charge is -1.99. The van der Waals surface area contributed by atoms with Gasteiger partial charge in [0.1, 0.15) is 5.82 Å². The topological polar surface area (TPSA) is 29.1 Å². The first-order chi connectivity index (χ1) is 9.13. The number of halogens is 2. The molecule has 1 N–H and O–H groups in total. The fraction of sp³-hybridized carbons (Fsp3) is 0. The molecule has 0 radical (unpaired) electrons. The minimum Gasteiger partial charge on any atom is -0.321 e. The molecule has 0 atom stereocenters. The van der Waals surface area contributed by atoms with Crippen molar-refractivity contribution in [2.45, 2.75) is 0 Å². The number of nitrogens with one attached hydrogen (secondary N) is 1. The van der Waals surface area contributed by atoms with Crippen molar-refractivity contribution in [1.82, 2.24) is 0 Å². The number of anilines is 1. The van der Waals surface area contributed by atoms with Gasteiger partial charge in [-0.3, -0.25) is 4.79 Å². The van der Waals surface area contributed by atoms with Gasteiger partial charge in [-0.2, -0.15) is 0 Å². The largest absolute Gasteiger partial charge is 0.321 e. The van der Waals surface area contributed by atoms with Crippen LogP contribution >= 0.6 is 11.6 Å². The van der Waals surface area contributed by atoms with Gasteiger partial charge in [0, 0.05) is 21.8 Å². The van der Waals surface area contributed by atoms with Crippen LogP contribution in [0.2, 0.25) is 5.02 Å². The van der Waals surface area contributed by atoms with E-state index in [9.17, 15) is 9.18 Å². The third-order valence-corrected chi connectivity index (χ3v) is 3.16. The number of carbonyl (C=O) groups excluding carboxylic acids is 1. The first-order valence-electron chi connectivity index (χ1n) is 5.72. The lowest BCUT2D eigenvalue weighted by molar-refractivity contribution is -0.110. The number of fused-ring (bicyclic) bond motifs is 1. The Bertz CT molecular complexity index is 709. The van der Waals surface area contributed by atoms with E-state index in [1.54, 1.807) is 30.3 Å². The van der Waals surface area contributed by atoms with Crippen molar-refractivity contribution in [3.63, 3.8) is 0 Å². The minimum absolute atomic E-state index is 0.236. The van der Waals surface area contributed by atoms with Gasteiger partial charge in [0.2, 0.25) is 0 Å². The number of hydrogen-bond acceptors (Lipinski definition) is 1. The monoisotopic (exact) mass is 273 g/mol. The van der Waals surface area contributed by atoms with Gasteiger partial charge in [-0.15, -0.1) is 0 Å². The highest BCUT2D eigenvalue weighted by atomic mass is 35.5. The zero-order valence-electron chi connectivity index (χ0n) is 9.78. The van der Waals surface area contributed by atoms with E-state index in [4.69, 9.17) is 11.6 Å². The maximum atomic E-state index is 13.3. The van der Waals surface area contributed by atoms with Crippen LogP contribution < -0.4 is 5.32 Å². The molecule has 2 aromatic carbocycles. The van der Waals surface area contributed by atoms with Gasteiger partial charge in [0.05, 0.1) is 0 Å². The summed E-state index contributed by atoms with van der Waals surface area (Å²) in [4.78, 5) is 11.9. The van der Waals surface area contributed by atoms with Crippen molar-refractivity contribution in [3.05, 3.63) is 64.4 Å². The molecule has 2 nitrogen and oxygen atoms in total. The maximum Gasteiger partial charge on any atom is 0.256 e. The molecule has 0 aliphatic carbocycles. The minimum atomic E-state index is -0.368. The Morgan fingerprint density at radius 3 is 2.79 bits per heavy atom. The fourth-order valence-electron chi connectivity index (χ4n) is 2.07. The average Bonchev–Trinajstić information content (AvgIpc) is 2.66. The normalized spacial score (nSPS) is 15.5. The Labute approximate surface area is 114 Å². The van der Waals surface area contributed by atoms with Gasteiger partial charge in [-0.05, 0) is 42.0 Å². The van der Waals surface area contributed by atoms with Crippen LogP contribution in [0.5, 0.6) is 0 Å². The Kier molecular flexibility index (Phi) is 2.84. The summed E-state index contributed by atoms with van der Waals surface area (Å²) >= 11 is 5.90. The van der Waals surface area contributed by atoms with Gasteiger partial charge in [0.15, 0.2) is 0 Å². The number of amides is 1. The highest BCUT2D eigenvalue weighted by molar-refractivity contribution is 6.35. The quantitative estimate of drug-likeness (QED) is 0.783. The summed E-state index contributed by atoms with van der Waals surface area (Å²) in [5.74, 6) is -0.604. The summed E-state index contributed by atoms with van der Waals surface area (Å²) in [7, 11) is 0. The van der Waals surface area contributed by atoms with Crippen LogP contribution in [0.3, 0.4) is 0 Å². The average molecular weight is 274 g/mol. The van der Waals surface area contributed by atoms with E-state index in [1.165, 1.54) is 12.1 Å². The predicted octanol–water partition coefficient (Wildman–Crippen LogP) is 3.97. The molecule has 1 aliphatic heterocycles. The van der Waals surface area contributed by atoms with Crippen LogP contribution in [0.15, 0.2) is 42.5 Å². The molecule has 0 bridgehead atoms. The zero-order chi connectivity index (χ0) is 13.4. The van der Waals surface area contributed by atoms with Gasteiger partial charge < -0.3 is 5.32 Å². The number of rotatable bonds is 1. The van der Waals surface area contributed by atoms with E-state index in [1.807, 2.05) is 6.07 Å². The highest BCUT2D eigenvalue weighted by Crippen LogP contribution is 2.33. The van der Waals surface area contributed by atoms with Crippen molar-refractivity contribution in [1.29, 1.82) is 0 Å². The van der Waals surface area contributed by atoms with E-state index in [2.05, 4.69) is 5.32 Å². The van der Waals surface area contributed by atoms with Gasteiger partial charge in [-0.1, -0.05) is 23.7 Å². The van der Waals surface area contributed by atoms with Gasteiger partial charge in [-0.25, -0.2) is 4.39 Å². The number of hydrogen-bond donors (Lipinski definition) is 1. The molecular formula is C15H9ClFNO.